The van der Waals surface area contributed by atoms with Gasteiger partial charge in [0.2, 0.25) is 4.77 Å². The fraction of sp³-hybridized carbons (Fsp3) is 0.158. The predicted molar refractivity (Wildman–Crippen MR) is 105 cm³/mol. The zero-order valence-electron chi connectivity index (χ0n) is 14.9. The molecule has 0 spiro atoms. The van der Waals surface area contributed by atoms with Crippen LogP contribution in [-0.2, 0) is 6.61 Å². The van der Waals surface area contributed by atoms with Gasteiger partial charge in [0.05, 0.1) is 13.3 Å². The van der Waals surface area contributed by atoms with Crippen molar-refractivity contribution in [2.24, 2.45) is 5.10 Å². The maximum Gasteiger partial charge on any atom is 0.296 e. The number of aryl methyl sites for hydroxylation is 1. The van der Waals surface area contributed by atoms with Crippen LogP contribution in [0.15, 0.2) is 58.4 Å². The summed E-state index contributed by atoms with van der Waals surface area (Å²) in [7, 11) is 1.58. The maximum absolute atomic E-state index is 12.1. The lowest BCUT2D eigenvalue weighted by Crippen LogP contribution is -2.22. The molecule has 0 radical (unpaired) electrons. The minimum absolute atomic E-state index is 0.121. The van der Waals surface area contributed by atoms with Gasteiger partial charge in [0.1, 0.15) is 12.3 Å². The average molecular weight is 382 g/mol. The molecule has 1 N–H and O–H groups in total. The smallest absolute Gasteiger partial charge is 0.296 e. The summed E-state index contributed by atoms with van der Waals surface area (Å²) in [5.41, 5.74) is 1.68. The van der Waals surface area contributed by atoms with Gasteiger partial charge in [-0.1, -0.05) is 30.3 Å². The molecule has 3 rings (SSSR count). The lowest BCUT2D eigenvalue weighted by molar-refractivity contribution is 0.284. The van der Waals surface area contributed by atoms with E-state index in [2.05, 4.69) is 15.3 Å². The maximum atomic E-state index is 12.1. The molecular formula is C19H18N4O3S. The molecule has 0 aliphatic heterocycles. The van der Waals surface area contributed by atoms with Crippen LogP contribution in [0.4, 0.5) is 0 Å². The number of nitrogens with one attached hydrogen (secondary N) is 1. The van der Waals surface area contributed by atoms with Gasteiger partial charge in [-0.05, 0) is 48.5 Å². The summed E-state index contributed by atoms with van der Waals surface area (Å²) in [4.78, 5) is 12.1. The van der Waals surface area contributed by atoms with E-state index in [4.69, 9.17) is 21.7 Å². The second kappa shape index (κ2) is 8.41. The van der Waals surface area contributed by atoms with Crippen LogP contribution in [0.3, 0.4) is 0 Å². The lowest BCUT2D eigenvalue weighted by atomic mass is 10.2. The number of aromatic amines is 1. The van der Waals surface area contributed by atoms with Gasteiger partial charge >= 0.3 is 0 Å². The van der Waals surface area contributed by atoms with Crippen molar-refractivity contribution in [3.63, 3.8) is 0 Å². The Bertz CT molecular complexity index is 1070. The Hall–Kier alpha value is -3.26. The highest BCUT2D eigenvalue weighted by atomic mass is 32.1. The number of rotatable bonds is 6. The van der Waals surface area contributed by atoms with Crippen molar-refractivity contribution in [1.29, 1.82) is 0 Å². The van der Waals surface area contributed by atoms with E-state index in [0.29, 0.717) is 18.1 Å². The van der Waals surface area contributed by atoms with Crippen LogP contribution in [0.25, 0.3) is 0 Å². The van der Waals surface area contributed by atoms with Gasteiger partial charge in [0, 0.05) is 0 Å². The zero-order valence-corrected chi connectivity index (χ0v) is 15.7. The Labute approximate surface area is 160 Å². The van der Waals surface area contributed by atoms with Crippen molar-refractivity contribution >= 4 is 18.4 Å². The molecule has 0 amide bonds. The quantitative estimate of drug-likeness (QED) is 0.523. The summed E-state index contributed by atoms with van der Waals surface area (Å²) < 4.78 is 12.4. The SMILES string of the molecule is COc1ccc(C=Nn2c(=S)[nH]nc(C)c2=O)cc1OCc1ccccc1. The summed E-state index contributed by atoms with van der Waals surface area (Å²) in [5.74, 6) is 1.19. The highest BCUT2D eigenvalue weighted by Gasteiger charge is 2.06. The Morgan fingerprint density at radius 3 is 2.74 bits per heavy atom. The molecule has 0 atom stereocenters. The van der Waals surface area contributed by atoms with Crippen molar-refractivity contribution in [2.75, 3.05) is 7.11 Å². The number of ether oxygens (including phenoxy) is 2. The Morgan fingerprint density at radius 2 is 2.00 bits per heavy atom. The molecule has 8 heteroatoms. The normalized spacial score (nSPS) is 10.9. The largest absolute Gasteiger partial charge is 0.493 e. The van der Waals surface area contributed by atoms with Gasteiger partial charge in [-0.3, -0.25) is 9.89 Å². The Kier molecular flexibility index (Phi) is 5.77. The summed E-state index contributed by atoms with van der Waals surface area (Å²) in [6.45, 7) is 1.99. The summed E-state index contributed by atoms with van der Waals surface area (Å²) in [5, 5.41) is 10.6. The first-order valence-electron chi connectivity index (χ1n) is 8.16. The molecule has 0 fully saturated rings. The first kappa shape index (κ1) is 18.5. The number of methoxy groups -OCH3 is 1. The molecule has 7 nitrogen and oxygen atoms in total. The molecule has 0 saturated carbocycles. The molecule has 0 unspecified atom stereocenters. The highest BCUT2D eigenvalue weighted by molar-refractivity contribution is 7.71. The number of H-pyrrole nitrogens is 1. The average Bonchev–Trinajstić information content (AvgIpc) is 2.70. The highest BCUT2D eigenvalue weighted by Crippen LogP contribution is 2.28. The van der Waals surface area contributed by atoms with E-state index in [9.17, 15) is 4.79 Å². The molecule has 0 aliphatic carbocycles. The van der Waals surface area contributed by atoms with Crippen LogP contribution in [0, 0.1) is 11.7 Å². The summed E-state index contributed by atoms with van der Waals surface area (Å²) in [6.07, 6.45) is 1.53. The third kappa shape index (κ3) is 4.48. The lowest BCUT2D eigenvalue weighted by Gasteiger charge is -2.11. The molecule has 3 aromatic rings. The van der Waals surface area contributed by atoms with E-state index in [0.717, 1.165) is 15.8 Å². The molecular weight excluding hydrogens is 364 g/mol. The van der Waals surface area contributed by atoms with Gasteiger partial charge < -0.3 is 9.47 Å². The topological polar surface area (TPSA) is 81.5 Å². The fourth-order valence-electron chi connectivity index (χ4n) is 2.32. The van der Waals surface area contributed by atoms with Gasteiger partial charge in [0.25, 0.3) is 5.56 Å². The van der Waals surface area contributed by atoms with Crippen LogP contribution < -0.4 is 15.0 Å². The second-order valence-electron chi connectivity index (χ2n) is 5.66. The molecule has 138 valence electrons. The van der Waals surface area contributed by atoms with E-state index >= 15 is 0 Å². The number of aromatic nitrogens is 3. The minimum atomic E-state index is -0.371. The van der Waals surface area contributed by atoms with Crippen molar-refractivity contribution in [3.05, 3.63) is 80.5 Å². The first-order chi connectivity index (χ1) is 13.1. The Balaban J connectivity index is 1.86. The predicted octanol–water partition coefficient (Wildman–Crippen LogP) is 3.08. The van der Waals surface area contributed by atoms with Crippen LogP contribution in [0.5, 0.6) is 11.5 Å². The van der Waals surface area contributed by atoms with Gasteiger partial charge in [-0.2, -0.15) is 14.9 Å². The monoisotopic (exact) mass is 382 g/mol. The molecule has 2 aromatic carbocycles. The third-order valence-corrected chi connectivity index (χ3v) is 4.02. The standard InChI is InChI=1S/C19H18N4O3S/c1-13-18(24)23(19(27)22-21-13)20-11-15-8-9-16(25-2)17(10-15)26-12-14-6-4-3-5-7-14/h3-11H,12H2,1-2H3,(H,22,27). The molecule has 1 aromatic heterocycles. The van der Waals surface area contributed by atoms with E-state index < -0.39 is 0 Å². The van der Waals surface area contributed by atoms with Crippen molar-refractivity contribution in [2.45, 2.75) is 13.5 Å². The molecule has 0 saturated heterocycles. The van der Waals surface area contributed by atoms with Crippen molar-refractivity contribution in [3.8, 4) is 11.5 Å². The number of nitrogens with zero attached hydrogens (tertiary/aromatic N) is 3. The molecule has 0 bridgehead atoms. The second-order valence-corrected chi connectivity index (χ2v) is 6.05. The number of benzene rings is 2. The van der Waals surface area contributed by atoms with Crippen LogP contribution in [0.1, 0.15) is 16.8 Å². The van der Waals surface area contributed by atoms with Gasteiger partial charge in [0.15, 0.2) is 11.5 Å². The van der Waals surface area contributed by atoms with E-state index in [1.165, 1.54) is 6.21 Å². The minimum Gasteiger partial charge on any atom is -0.493 e. The third-order valence-electron chi connectivity index (χ3n) is 3.76. The molecule has 0 aliphatic rings. The number of hydrogen-bond acceptors (Lipinski definition) is 6. The van der Waals surface area contributed by atoms with Crippen LogP contribution in [0.2, 0.25) is 0 Å². The van der Waals surface area contributed by atoms with E-state index in [-0.39, 0.29) is 16.0 Å². The first-order valence-corrected chi connectivity index (χ1v) is 8.57. The van der Waals surface area contributed by atoms with E-state index in [1.54, 1.807) is 26.2 Å². The van der Waals surface area contributed by atoms with Crippen LogP contribution in [-0.4, -0.2) is 28.2 Å². The molecule has 1 heterocycles. The Morgan fingerprint density at radius 1 is 1.22 bits per heavy atom. The number of hydrogen-bond donors (Lipinski definition) is 1. The van der Waals surface area contributed by atoms with Crippen LogP contribution >= 0.6 is 12.2 Å². The van der Waals surface area contributed by atoms with Crippen molar-refractivity contribution < 1.29 is 9.47 Å². The van der Waals surface area contributed by atoms with Gasteiger partial charge in [-0.25, -0.2) is 0 Å². The van der Waals surface area contributed by atoms with E-state index in [1.807, 2.05) is 36.4 Å². The molecule has 27 heavy (non-hydrogen) atoms. The summed E-state index contributed by atoms with van der Waals surface area (Å²) >= 11 is 5.06. The van der Waals surface area contributed by atoms with Crippen molar-refractivity contribution in [1.82, 2.24) is 14.9 Å². The fourth-order valence-corrected chi connectivity index (χ4v) is 2.50. The summed E-state index contributed by atoms with van der Waals surface area (Å²) in [6, 6.07) is 15.2. The van der Waals surface area contributed by atoms with Gasteiger partial charge in [-0.15, -0.1) is 0 Å². The zero-order chi connectivity index (χ0) is 19.2.